The van der Waals surface area contributed by atoms with E-state index in [0.29, 0.717) is 17.2 Å². The summed E-state index contributed by atoms with van der Waals surface area (Å²) in [4.78, 5) is 0. The maximum atomic E-state index is 11.3. The maximum Gasteiger partial charge on any atom is 0.121 e. The van der Waals surface area contributed by atoms with Gasteiger partial charge in [0.25, 0.3) is 0 Å². The van der Waals surface area contributed by atoms with Crippen molar-refractivity contribution < 1.29 is 15.3 Å². The van der Waals surface area contributed by atoms with E-state index in [-0.39, 0.29) is 0 Å². The van der Waals surface area contributed by atoms with Gasteiger partial charge in [0.2, 0.25) is 0 Å². The molecule has 0 aliphatic carbocycles. The third-order valence-corrected chi connectivity index (χ3v) is 11.2. The first-order valence-electron chi connectivity index (χ1n) is 21.9. The number of rotatable bonds is 24. The second-order valence-corrected chi connectivity index (χ2v) is 16.0. The Bertz CT molecular complexity index is 1660. The molecule has 3 heteroatoms. The summed E-state index contributed by atoms with van der Waals surface area (Å²) in [5, 5.41) is 33.8. The van der Waals surface area contributed by atoms with E-state index in [1.807, 2.05) is 0 Å². The van der Waals surface area contributed by atoms with E-state index >= 15 is 0 Å². The fourth-order valence-electron chi connectivity index (χ4n) is 7.95. The van der Waals surface area contributed by atoms with Crippen LogP contribution in [0, 0.1) is 0 Å². The van der Waals surface area contributed by atoms with Crippen molar-refractivity contribution in [3.8, 4) is 17.2 Å². The highest BCUT2D eigenvalue weighted by Crippen LogP contribution is 2.34. The maximum absolute atomic E-state index is 11.3. The Labute approximate surface area is 329 Å². The van der Waals surface area contributed by atoms with Crippen LogP contribution >= 0.6 is 0 Å². The fraction of sp³-hybridized carbons (Fsp3) is 0.529. The number of hydrogen-bond donors (Lipinski definition) is 3. The highest BCUT2D eigenvalue weighted by atomic mass is 16.3. The van der Waals surface area contributed by atoms with E-state index in [1.54, 1.807) is 0 Å². The first kappa shape index (κ1) is 43.0. The van der Waals surface area contributed by atoms with Gasteiger partial charge in [-0.1, -0.05) is 135 Å². The van der Waals surface area contributed by atoms with E-state index in [0.717, 1.165) is 168 Å². The summed E-state index contributed by atoms with van der Waals surface area (Å²) in [6.07, 6.45) is 21.0. The molecular weight excluding hydrogens is 661 g/mol. The summed E-state index contributed by atoms with van der Waals surface area (Å²) in [5.41, 5.74) is 14.3. The molecule has 54 heavy (non-hydrogen) atoms. The number of phenols is 3. The van der Waals surface area contributed by atoms with Crippen LogP contribution in [0.3, 0.4) is 0 Å². The first-order chi connectivity index (χ1) is 26.2. The highest BCUT2D eigenvalue weighted by molar-refractivity contribution is 5.50. The molecule has 3 nitrogen and oxygen atoms in total. The summed E-state index contributed by atoms with van der Waals surface area (Å²) in [6.45, 7) is 13.3. The predicted octanol–water partition coefficient (Wildman–Crippen LogP) is 13.6. The minimum Gasteiger partial charge on any atom is -0.507 e. The monoisotopic (exact) mass is 733 g/mol. The average molecular weight is 733 g/mol. The standard InChI is InChI=1S/C51H72O3/c1-7-13-19-42-30-38(31-43(49(42)52)20-14-8-2)27-37-25-26-41(29-39-32-44(21-15-9-3)50(53)45(33-39)22-16-10-4)48(28-37)36-40-34-46(23-17-11-5)51(54)47(35-40)24-18-12-6/h25-26,28,30-35,52-54H,7-24,27,29,36H2,1-6H3. The number of benzene rings is 4. The Kier molecular flexibility index (Phi) is 18.0. The largest absolute Gasteiger partial charge is 0.507 e. The van der Waals surface area contributed by atoms with Gasteiger partial charge in [0.05, 0.1) is 0 Å². The van der Waals surface area contributed by atoms with Gasteiger partial charge in [0.15, 0.2) is 0 Å². The van der Waals surface area contributed by atoms with Gasteiger partial charge < -0.3 is 15.3 Å². The van der Waals surface area contributed by atoms with Crippen molar-refractivity contribution in [3.05, 3.63) is 121 Å². The minimum atomic E-state index is 0.503. The molecule has 3 N–H and O–H groups in total. The number of phenolic OH excluding ortho intramolecular Hbond substituents is 3. The third-order valence-electron chi connectivity index (χ3n) is 11.2. The molecule has 0 aromatic heterocycles. The van der Waals surface area contributed by atoms with Gasteiger partial charge in [-0.15, -0.1) is 0 Å². The molecule has 4 aromatic carbocycles. The van der Waals surface area contributed by atoms with Crippen molar-refractivity contribution in [3.63, 3.8) is 0 Å². The van der Waals surface area contributed by atoms with Crippen LogP contribution in [0.2, 0.25) is 0 Å². The lowest BCUT2D eigenvalue weighted by Crippen LogP contribution is -2.04. The molecule has 0 fully saturated rings. The molecule has 0 bridgehead atoms. The topological polar surface area (TPSA) is 60.7 Å². The van der Waals surface area contributed by atoms with Gasteiger partial charge in [0, 0.05) is 0 Å². The number of unbranched alkanes of at least 4 members (excludes halogenated alkanes) is 6. The fourth-order valence-corrected chi connectivity index (χ4v) is 7.95. The van der Waals surface area contributed by atoms with Crippen molar-refractivity contribution in [1.29, 1.82) is 0 Å². The molecule has 0 aliphatic heterocycles. The van der Waals surface area contributed by atoms with E-state index in [1.165, 1.54) is 33.4 Å². The Hall–Kier alpha value is -3.72. The number of hydrogen-bond acceptors (Lipinski definition) is 3. The van der Waals surface area contributed by atoms with Gasteiger partial charge in [0.1, 0.15) is 17.2 Å². The van der Waals surface area contributed by atoms with Crippen LogP contribution < -0.4 is 0 Å². The van der Waals surface area contributed by atoms with Crippen LogP contribution in [0.4, 0.5) is 0 Å². The number of aromatic hydroxyl groups is 3. The van der Waals surface area contributed by atoms with Crippen molar-refractivity contribution in [2.45, 2.75) is 176 Å². The third kappa shape index (κ3) is 12.4. The van der Waals surface area contributed by atoms with Crippen LogP contribution in [-0.4, -0.2) is 15.3 Å². The number of aryl methyl sites for hydroxylation is 6. The van der Waals surface area contributed by atoms with E-state index in [4.69, 9.17) is 0 Å². The highest BCUT2D eigenvalue weighted by Gasteiger charge is 2.17. The zero-order chi connectivity index (χ0) is 38.9. The van der Waals surface area contributed by atoms with Gasteiger partial charge >= 0.3 is 0 Å². The molecule has 294 valence electrons. The lowest BCUT2D eigenvalue weighted by molar-refractivity contribution is 0.458. The molecular formula is C51H72O3. The van der Waals surface area contributed by atoms with Crippen LogP contribution in [-0.2, 0) is 57.8 Å². The van der Waals surface area contributed by atoms with E-state index < -0.39 is 0 Å². The molecule has 0 unspecified atom stereocenters. The predicted molar refractivity (Wildman–Crippen MR) is 231 cm³/mol. The zero-order valence-electron chi connectivity index (χ0n) is 34.9. The summed E-state index contributed by atoms with van der Waals surface area (Å²) in [6, 6.07) is 20.7. The summed E-state index contributed by atoms with van der Waals surface area (Å²) >= 11 is 0. The molecule has 4 rings (SSSR count). The Morgan fingerprint density at radius 1 is 0.296 bits per heavy atom. The zero-order valence-corrected chi connectivity index (χ0v) is 34.9. The smallest absolute Gasteiger partial charge is 0.121 e. The van der Waals surface area contributed by atoms with Crippen LogP contribution in [0.5, 0.6) is 17.2 Å². The van der Waals surface area contributed by atoms with Crippen LogP contribution in [0.1, 0.15) is 185 Å². The van der Waals surface area contributed by atoms with E-state index in [2.05, 4.69) is 96.1 Å². The average Bonchev–Trinajstić information content (AvgIpc) is 3.17. The molecule has 0 radical (unpaired) electrons. The Morgan fingerprint density at radius 3 is 0.852 bits per heavy atom. The van der Waals surface area contributed by atoms with E-state index in [9.17, 15) is 15.3 Å². The summed E-state index contributed by atoms with van der Waals surface area (Å²) in [7, 11) is 0. The molecule has 0 spiro atoms. The van der Waals surface area contributed by atoms with Gasteiger partial charge in [-0.25, -0.2) is 0 Å². The molecule has 0 heterocycles. The van der Waals surface area contributed by atoms with Crippen molar-refractivity contribution in [1.82, 2.24) is 0 Å². The molecule has 0 saturated heterocycles. The normalized spacial score (nSPS) is 11.4. The molecule has 4 aromatic rings. The second kappa shape index (κ2) is 22.6. The first-order valence-corrected chi connectivity index (χ1v) is 21.9. The lowest BCUT2D eigenvalue weighted by Gasteiger charge is -2.18. The van der Waals surface area contributed by atoms with Crippen LogP contribution in [0.25, 0.3) is 0 Å². The van der Waals surface area contributed by atoms with Crippen LogP contribution in [0.15, 0.2) is 54.6 Å². The van der Waals surface area contributed by atoms with Crippen molar-refractivity contribution >= 4 is 0 Å². The molecule has 0 aliphatic rings. The van der Waals surface area contributed by atoms with Gasteiger partial charge in [-0.2, -0.15) is 0 Å². The Balaban J connectivity index is 1.81. The van der Waals surface area contributed by atoms with Crippen molar-refractivity contribution in [2.75, 3.05) is 0 Å². The van der Waals surface area contributed by atoms with Crippen molar-refractivity contribution in [2.24, 2.45) is 0 Å². The summed E-state index contributed by atoms with van der Waals surface area (Å²) < 4.78 is 0. The van der Waals surface area contributed by atoms with Gasteiger partial charge in [-0.05, 0) is 163 Å². The minimum absolute atomic E-state index is 0.503. The second-order valence-electron chi connectivity index (χ2n) is 16.0. The molecule has 0 atom stereocenters. The Morgan fingerprint density at radius 2 is 0.556 bits per heavy atom. The molecule has 0 amide bonds. The molecule has 0 saturated carbocycles. The van der Waals surface area contributed by atoms with Gasteiger partial charge in [-0.3, -0.25) is 0 Å². The summed E-state index contributed by atoms with van der Waals surface area (Å²) in [5.74, 6) is 1.51. The quantitative estimate of drug-likeness (QED) is 0.0672. The lowest BCUT2D eigenvalue weighted by atomic mass is 9.88. The SMILES string of the molecule is CCCCc1cc(Cc2ccc(Cc3cc(CCCC)c(O)c(CCCC)c3)c(Cc3cc(CCCC)c(O)c(CCCC)c3)c2)cc(CCCC)c1O.